The minimum Gasteiger partial charge on any atom is -0.464 e. The summed E-state index contributed by atoms with van der Waals surface area (Å²) in [5.41, 5.74) is 2.30. The van der Waals surface area contributed by atoms with Crippen molar-refractivity contribution in [2.75, 3.05) is 24.0 Å². The van der Waals surface area contributed by atoms with E-state index in [0.717, 1.165) is 0 Å². The van der Waals surface area contributed by atoms with Crippen LogP contribution in [0.4, 0.5) is 11.9 Å². The number of anilines is 2. The van der Waals surface area contributed by atoms with Crippen LogP contribution in [0.2, 0.25) is 0 Å². The van der Waals surface area contributed by atoms with Crippen LogP contribution in [0.3, 0.4) is 0 Å². The van der Waals surface area contributed by atoms with E-state index in [1.54, 1.807) is 20.8 Å². The molecule has 0 aliphatic rings. The van der Waals surface area contributed by atoms with Crippen molar-refractivity contribution in [1.82, 2.24) is 15.0 Å². The molecule has 1 heterocycles. The van der Waals surface area contributed by atoms with Crippen LogP contribution in [0.5, 0.6) is 6.01 Å². The summed E-state index contributed by atoms with van der Waals surface area (Å²) in [5, 5.41) is 2.79. The Labute approximate surface area is 110 Å². The molecule has 1 atom stereocenters. The summed E-state index contributed by atoms with van der Waals surface area (Å²) in [7, 11) is 0. The van der Waals surface area contributed by atoms with E-state index in [0.29, 0.717) is 13.2 Å². The fourth-order valence-corrected chi connectivity index (χ4v) is 1.20. The standard InChI is InChI=1S/C10H18N6O3/c1-4-18-7(17)6(3)12-8-13-9(16-11)15-10(14-8)19-5-2/h6H,4-5,11H2,1-3H3,(H2,12,13,14,15,16). The molecule has 0 amide bonds. The number of hydrazine groups is 1. The van der Waals surface area contributed by atoms with Gasteiger partial charge in [-0.2, -0.15) is 15.0 Å². The van der Waals surface area contributed by atoms with Gasteiger partial charge in [0.25, 0.3) is 0 Å². The predicted octanol–water partition coefficient (Wildman–Crippen LogP) is -0.0806. The summed E-state index contributed by atoms with van der Waals surface area (Å²) in [5.74, 6) is 5.15. The minimum absolute atomic E-state index is 0.115. The van der Waals surface area contributed by atoms with Crippen LogP contribution in [0.1, 0.15) is 20.8 Å². The Hall–Kier alpha value is -2.16. The maximum absolute atomic E-state index is 11.5. The molecule has 9 heteroatoms. The van der Waals surface area contributed by atoms with Gasteiger partial charge in [-0.05, 0) is 20.8 Å². The van der Waals surface area contributed by atoms with Gasteiger partial charge in [-0.3, -0.25) is 5.43 Å². The lowest BCUT2D eigenvalue weighted by Gasteiger charge is -2.13. The summed E-state index contributed by atoms with van der Waals surface area (Å²) in [6.07, 6.45) is 0. The van der Waals surface area contributed by atoms with Gasteiger partial charge in [-0.1, -0.05) is 0 Å². The maximum atomic E-state index is 11.5. The van der Waals surface area contributed by atoms with Crippen molar-refractivity contribution < 1.29 is 14.3 Å². The number of nitrogens with two attached hydrogens (primary N) is 1. The summed E-state index contributed by atoms with van der Waals surface area (Å²) in [6, 6.07) is -0.480. The van der Waals surface area contributed by atoms with E-state index in [9.17, 15) is 4.79 Å². The SMILES string of the molecule is CCOC(=O)C(C)Nc1nc(NN)nc(OCC)n1. The molecule has 0 saturated carbocycles. The molecule has 0 aliphatic heterocycles. The Balaban J connectivity index is 2.81. The highest BCUT2D eigenvalue weighted by molar-refractivity contribution is 5.78. The van der Waals surface area contributed by atoms with Gasteiger partial charge >= 0.3 is 12.0 Å². The van der Waals surface area contributed by atoms with E-state index in [2.05, 4.69) is 25.7 Å². The molecule has 4 N–H and O–H groups in total. The molecular formula is C10H18N6O3. The molecule has 0 bridgehead atoms. The molecule has 0 fully saturated rings. The molecule has 0 aromatic carbocycles. The Kier molecular flexibility index (Phi) is 5.73. The topological polar surface area (TPSA) is 124 Å². The lowest BCUT2D eigenvalue weighted by Crippen LogP contribution is -2.29. The normalized spacial score (nSPS) is 11.6. The quantitative estimate of drug-likeness (QED) is 0.354. The largest absolute Gasteiger partial charge is 0.464 e. The number of esters is 1. The fourth-order valence-electron chi connectivity index (χ4n) is 1.20. The number of nitrogen functional groups attached to an aromatic ring is 1. The van der Waals surface area contributed by atoms with Gasteiger partial charge in [0.1, 0.15) is 6.04 Å². The first kappa shape index (κ1) is 14.9. The van der Waals surface area contributed by atoms with Gasteiger partial charge in [0, 0.05) is 0 Å². The summed E-state index contributed by atoms with van der Waals surface area (Å²) >= 11 is 0. The fraction of sp³-hybridized carbons (Fsp3) is 0.600. The third-order valence-corrected chi connectivity index (χ3v) is 2.00. The first-order valence-electron chi connectivity index (χ1n) is 5.89. The number of carbonyl (C=O) groups is 1. The molecule has 0 radical (unpaired) electrons. The van der Waals surface area contributed by atoms with Crippen LogP contribution >= 0.6 is 0 Å². The number of ether oxygens (including phenoxy) is 2. The molecule has 0 aliphatic carbocycles. The third-order valence-electron chi connectivity index (χ3n) is 2.00. The smallest absolute Gasteiger partial charge is 0.328 e. The highest BCUT2D eigenvalue weighted by Crippen LogP contribution is 2.11. The first-order valence-corrected chi connectivity index (χ1v) is 5.89. The molecule has 9 nitrogen and oxygen atoms in total. The summed E-state index contributed by atoms with van der Waals surface area (Å²) in [6.45, 7) is 5.88. The van der Waals surface area contributed by atoms with Crippen molar-refractivity contribution in [3.05, 3.63) is 0 Å². The first-order chi connectivity index (χ1) is 9.10. The zero-order valence-corrected chi connectivity index (χ0v) is 11.1. The van der Waals surface area contributed by atoms with E-state index >= 15 is 0 Å². The monoisotopic (exact) mass is 270 g/mol. The van der Waals surface area contributed by atoms with E-state index < -0.39 is 12.0 Å². The van der Waals surface area contributed by atoms with E-state index in [1.165, 1.54) is 0 Å². The molecule has 1 aromatic heterocycles. The van der Waals surface area contributed by atoms with E-state index in [1.807, 2.05) is 0 Å². The van der Waals surface area contributed by atoms with Gasteiger partial charge in [-0.25, -0.2) is 10.6 Å². The second kappa shape index (κ2) is 7.31. The lowest BCUT2D eigenvalue weighted by molar-refractivity contribution is -0.143. The number of nitrogens with one attached hydrogen (secondary N) is 2. The second-order valence-electron chi connectivity index (χ2n) is 3.46. The second-order valence-corrected chi connectivity index (χ2v) is 3.46. The van der Waals surface area contributed by atoms with Crippen LogP contribution in [-0.2, 0) is 9.53 Å². The molecule has 0 saturated heterocycles. The molecule has 1 aromatic rings. The van der Waals surface area contributed by atoms with Crippen molar-refractivity contribution in [3.8, 4) is 6.01 Å². The molecule has 0 spiro atoms. The van der Waals surface area contributed by atoms with Gasteiger partial charge in [0.05, 0.1) is 13.2 Å². The number of hydrogen-bond donors (Lipinski definition) is 3. The molecule has 106 valence electrons. The van der Waals surface area contributed by atoms with Crippen LogP contribution < -0.4 is 21.3 Å². The van der Waals surface area contributed by atoms with Crippen LogP contribution in [0, 0.1) is 0 Å². The van der Waals surface area contributed by atoms with Crippen molar-refractivity contribution in [3.63, 3.8) is 0 Å². The summed E-state index contributed by atoms with van der Waals surface area (Å²) < 4.78 is 10.0. The van der Waals surface area contributed by atoms with E-state index in [-0.39, 0.29) is 17.9 Å². The molecule has 1 rings (SSSR count). The molecule has 19 heavy (non-hydrogen) atoms. The number of nitrogens with zero attached hydrogens (tertiary/aromatic N) is 3. The highest BCUT2D eigenvalue weighted by atomic mass is 16.5. The van der Waals surface area contributed by atoms with Crippen molar-refractivity contribution in [2.45, 2.75) is 26.8 Å². The van der Waals surface area contributed by atoms with Crippen LogP contribution in [-0.4, -0.2) is 40.2 Å². The van der Waals surface area contributed by atoms with Crippen LogP contribution in [0.25, 0.3) is 0 Å². The molecule has 1 unspecified atom stereocenters. The Morgan fingerprint density at radius 1 is 1.26 bits per heavy atom. The zero-order chi connectivity index (χ0) is 14.3. The van der Waals surface area contributed by atoms with Gasteiger partial charge in [-0.15, -0.1) is 0 Å². The number of rotatable bonds is 7. The van der Waals surface area contributed by atoms with Crippen molar-refractivity contribution >= 4 is 17.9 Å². The maximum Gasteiger partial charge on any atom is 0.328 e. The van der Waals surface area contributed by atoms with Gasteiger partial charge < -0.3 is 14.8 Å². The summed E-state index contributed by atoms with van der Waals surface area (Å²) in [4.78, 5) is 23.3. The number of carbonyl (C=O) groups excluding carboxylic acids is 1. The average Bonchev–Trinajstić information content (AvgIpc) is 2.39. The van der Waals surface area contributed by atoms with Gasteiger partial charge in [0.2, 0.25) is 11.9 Å². The minimum atomic E-state index is -0.595. The Morgan fingerprint density at radius 2 is 1.95 bits per heavy atom. The van der Waals surface area contributed by atoms with E-state index in [4.69, 9.17) is 15.3 Å². The number of aromatic nitrogens is 3. The highest BCUT2D eigenvalue weighted by Gasteiger charge is 2.16. The predicted molar refractivity (Wildman–Crippen MR) is 68.5 cm³/mol. The molecular weight excluding hydrogens is 252 g/mol. The Bertz CT molecular complexity index is 428. The van der Waals surface area contributed by atoms with Crippen molar-refractivity contribution in [1.29, 1.82) is 0 Å². The van der Waals surface area contributed by atoms with Gasteiger partial charge in [0.15, 0.2) is 0 Å². The van der Waals surface area contributed by atoms with Crippen LogP contribution in [0.15, 0.2) is 0 Å². The third kappa shape index (κ3) is 4.54. The average molecular weight is 270 g/mol. The Morgan fingerprint density at radius 3 is 2.53 bits per heavy atom. The zero-order valence-electron chi connectivity index (χ0n) is 11.1. The lowest BCUT2D eigenvalue weighted by atomic mass is 10.3. The van der Waals surface area contributed by atoms with Crippen molar-refractivity contribution in [2.24, 2.45) is 5.84 Å². The number of hydrogen-bond acceptors (Lipinski definition) is 9.